The Hall–Kier alpha value is -3.58. The van der Waals surface area contributed by atoms with Crippen molar-refractivity contribution in [2.45, 2.75) is 19.9 Å². The Morgan fingerprint density at radius 3 is 2.84 bits per heavy atom. The van der Waals surface area contributed by atoms with Crippen molar-refractivity contribution in [3.63, 3.8) is 0 Å². The van der Waals surface area contributed by atoms with E-state index in [4.69, 9.17) is 9.41 Å². The minimum atomic E-state index is -0.114. The van der Waals surface area contributed by atoms with Crippen LogP contribution in [0.2, 0.25) is 0 Å². The summed E-state index contributed by atoms with van der Waals surface area (Å²) in [6.45, 7) is 2.65. The average molecular weight is 444 g/mol. The third kappa shape index (κ3) is 3.99. The molecule has 2 aliphatic heterocycles. The van der Waals surface area contributed by atoms with Crippen LogP contribution in [0.25, 0.3) is 0 Å². The van der Waals surface area contributed by atoms with Crippen LogP contribution in [0.4, 0.5) is 11.4 Å². The molecule has 0 spiro atoms. The predicted octanol–water partition coefficient (Wildman–Crippen LogP) is 5.15. The topological polar surface area (TPSA) is 66.1 Å². The van der Waals surface area contributed by atoms with E-state index in [1.165, 1.54) is 24.2 Å². The fourth-order valence-corrected chi connectivity index (χ4v) is 4.81. The van der Waals surface area contributed by atoms with Gasteiger partial charge in [0, 0.05) is 24.0 Å². The smallest absolute Gasteiger partial charge is 0.268 e. The molecule has 0 aliphatic carbocycles. The van der Waals surface area contributed by atoms with E-state index in [0.717, 1.165) is 18.7 Å². The van der Waals surface area contributed by atoms with Crippen LogP contribution in [0.3, 0.4) is 0 Å². The van der Waals surface area contributed by atoms with Gasteiger partial charge in [-0.1, -0.05) is 30.3 Å². The van der Waals surface area contributed by atoms with Crippen LogP contribution in [0.5, 0.6) is 0 Å². The van der Waals surface area contributed by atoms with Gasteiger partial charge in [-0.05, 0) is 61.0 Å². The number of furan rings is 1. The molecule has 3 heterocycles. The first-order valence-electron chi connectivity index (χ1n) is 10.4. The Kier molecular flexibility index (Phi) is 5.41. The van der Waals surface area contributed by atoms with Crippen LogP contribution in [0, 0.1) is 0 Å². The van der Waals surface area contributed by atoms with E-state index in [0.29, 0.717) is 27.1 Å². The Balaban J connectivity index is 1.49. The van der Waals surface area contributed by atoms with E-state index < -0.39 is 0 Å². The molecule has 0 bridgehead atoms. The highest BCUT2D eigenvalue weighted by Gasteiger charge is 2.35. The van der Waals surface area contributed by atoms with Crippen LogP contribution >= 0.6 is 11.8 Å². The number of benzene rings is 2. The summed E-state index contributed by atoms with van der Waals surface area (Å²) in [6.07, 6.45) is 4.46. The monoisotopic (exact) mass is 443 g/mol. The SMILES string of the molecule is CC(=O)c1cccc(/N=C2\S/C(=C\N3CCc4ccccc43)C(=O)N2Cc2ccco2)c1. The lowest BCUT2D eigenvalue weighted by molar-refractivity contribution is -0.122. The second-order valence-electron chi connectivity index (χ2n) is 7.64. The highest BCUT2D eigenvalue weighted by atomic mass is 32.2. The summed E-state index contributed by atoms with van der Waals surface area (Å²) >= 11 is 1.34. The molecule has 7 heteroatoms. The number of thioether (sulfide) groups is 1. The van der Waals surface area contributed by atoms with E-state index in [-0.39, 0.29) is 18.2 Å². The van der Waals surface area contributed by atoms with Crippen LogP contribution in [0.15, 0.2) is 87.4 Å². The highest BCUT2D eigenvalue weighted by Crippen LogP contribution is 2.36. The molecule has 5 rings (SSSR count). The fourth-order valence-electron chi connectivity index (χ4n) is 3.82. The summed E-state index contributed by atoms with van der Waals surface area (Å²) in [4.78, 5) is 34.2. The van der Waals surface area contributed by atoms with Crippen molar-refractivity contribution in [3.05, 3.63) is 94.9 Å². The maximum atomic E-state index is 13.3. The molecular formula is C25H21N3O3S. The average Bonchev–Trinajstić information content (AvgIpc) is 3.52. The lowest BCUT2D eigenvalue weighted by atomic mass is 10.1. The maximum absolute atomic E-state index is 13.3. The van der Waals surface area contributed by atoms with Gasteiger partial charge in [0.15, 0.2) is 11.0 Å². The summed E-state index contributed by atoms with van der Waals surface area (Å²) in [5.41, 5.74) is 3.63. The van der Waals surface area contributed by atoms with E-state index in [1.807, 2.05) is 30.5 Å². The summed E-state index contributed by atoms with van der Waals surface area (Å²) in [7, 11) is 0. The van der Waals surface area contributed by atoms with Gasteiger partial charge in [0.2, 0.25) is 0 Å². The van der Waals surface area contributed by atoms with Gasteiger partial charge < -0.3 is 9.32 Å². The number of nitrogens with zero attached hydrogens (tertiary/aromatic N) is 3. The number of para-hydroxylation sites is 1. The molecule has 0 radical (unpaired) electrons. The molecule has 1 fully saturated rings. The van der Waals surface area contributed by atoms with Crippen molar-refractivity contribution in [3.8, 4) is 0 Å². The number of ketones is 1. The van der Waals surface area contributed by atoms with Gasteiger partial charge in [0.05, 0.1) is 23.4 Å². The normalized spacial score (nSPS) is 18.1. The summed E-state index contributed by atoms with van der Waals surface area (Å²) in [5.74, 6) is 0.539. The third-order valence-electron chi connectivity index (χ3n) is 5.46. The number of carbonyl (C=O) groups excluding carboxylic acids is 2. The first-order chi connectivity index (χ1) is 15.6. The number of hydrogen-bond acceptors (Lipinski definition) is 6. The number of fused-ring (bicyclic) bond motifs is 1. The number of amidine groups is 1. The highest BCUT2D eigenvalue weighted by molar-refractivity contribution is 8.18. The largest absolute Gasteiger partial charge is 0.467 e. The molecule has 32 heavy (non-hydrogen) atoms. The van der Waals surface area contributed by atoms with Crippen molar-refractivity contribution >= 4 is 40.0 Å². The van der Waals surface area contributed by atoms with Crippen LogP contribution < -0.4 is 4.90 Å². The third-order valence-corrected chi connectivity index (χ3v) is 6.45. The number of rotatable bonds is 5. The first kappa shape index (κ1) is 20.3. The summed E-state index contributed by atoms with van der Waals surface area (Å²) < 4.78 is 5.48. The number of hydrogen-bond donors (Lipinski definition) is 0. The molecule has 0 saturated carbocycles. The van der Waals surface area contributed by atoms with Crippen molar-refractivity contribution in [1.29, 1.82) is 0 Å². The van der Waals surface area contributed by atoms with Crippen LogP contribution in [-0.2, 0) is 17.8 Å². The lowest BCUT2D eigenvalue weighted by Crippen LogP contribution is -2.28. The molecule has 0 atom stereocenters. The van der Waals surface area contributed by atoms with Crippen molar-refractivity contribution < 1.29 is 14.0 Å². The Morgan fingerprint density at radius 1 is 1.16 bits per heavy atom. The number of aliphatic imine (C=N–C) groups is 1. The van der Waals surface area contributed by atoms with Gasteiger partial charge in [0.1, 0.15) is 5.76 Å². The van der Waals surface area contributed by atoms with Gasteiger partial charge in [-0.3, -0.25) is 14.5 Å². The molecule has 1 saturated heterocycles. The molecule has 160 valence electrons. The predicted molar refractivity (Wildman–Crippen MR) is 126 cm³/mol. The van der Waals surface area contributed by atoms with Crippen molar-refractivity contribution in [1.82, 2.24) is 4.90 Å². The number of Topliss-reactive ketones (excluding diaryl/α,β-unsaturated/α-hetero) is 1. The maximum Gasteiger partial charge on any atom is 0.268 e. The molecule has 0 N–H and O–H groups in total. The quantitative estimate of drug-likeness (QED) is 0.403. The first-order valence-corrected chi connectivity index (χ1v) is 11.2. The van der Waals surface area contributed by atoms with E-state index in [9.17, 15) is 9.59 Å². The number of amides is 1. The van der Waals surface area contributed by atoms with Gasteiger partial charge in [-0.2, -0.15) is 0 Å². The van der Waals surface area contributed by atoms with E-state index in [2.05, 4.69) is 17.0 Å². The van der Waals surface area contributed by atoms with Gasteiger partial charge in [-0.15, -0.1) is 0 Å². The van der Waals surface area contributed by atoms with Crippen LogP contribution in [-0.4, -0.2) is 28.3 Å². The second-order valence-corrected chi connectivity index (χ2v) is 8.65. The Bertz CT molecular complexity index is 1250. The molecule has 1 aromatic heterocycles. The Labute approximate surface area is 190 Å². The van der Waals surface area contributed by atoms with Gasteiger partial charge >= 0.3 is 0 Å². The zero-order valence-electron chi connectivity index (χ0n) is 17.5. The molecule has 0 unspecified atom stereocenters. The lowest BCUT2D eigenvalue weighted by Gasteiger charge is -2.15. The zero-order valence-corrected chi connectivity index (χ0v) is 18.3. The minimum Gasteiger partial charge on any atom is -0.467 e. The molecule has 2 aromatic carbocycles. The molecular weight excluding hydrogens is 422 g/mol. The van der Waals surface area contributed by atoms with Gasteiger partial charge in [0.25, 0.3) is 5.91 Å². The minimum absolute atomic E-state index is 0.0251. The summed E-state index contributed by atoms with van der Waals surface area (Å²) in [6, 6.07) is 19.0. The van der Waals surface area contributed by atoms with Gasteiger partial charge in [-0.25, -0.2) is 4.99 Å². The zero-order chi connectivity index (χ0) is 22.1. The molecule has 1 amide bonds. The second kappa shape index (κ2) is 8.51. The molecule has 6 nitrogen and oxygen atoms in total. The Morgan fingerprint density at radius 2 is 2.03 bits per heavy atom. The summed E-state index contributed by atoms with van der Waals surface area (Å²) in [5, 5.41) is 0.561. The number of carbonyl (C=O) groups is 2. The van der Waals surface area contributed by atoms with Crippen molar-refractivity contribution in [2.24, 2.45) is 4.99 Å². The van der Waals surface area contributed by atoms with E-state index >= 15 is 0 Å². The molecule has 3 aromatic rings. The van der Waals surface area contributed by atoms with Crippen molar-refractivity contribution in [2.75, 3.05) is 11.4 Å². The fraction of sp³-hybridized carbons (Fsp3) is 0.160. The van der Waals surface area contributed by atoms with E-state index in [1.54, 1.807) is 35.4 Å². The molecule has 2 aliphatic rings. The van der Waals surface area contributed by atoms with Crippen LogP contribution in [0.1, 0.15) is 28.6 Å². The standard InChI is InChI=1S/C25H21N3O3S/c1-17(29)19-7-4-8-20(14-19)26-25-28(15-21-9-5-13-31-21)24(30)23(32-25)16-27-12-11-18-6-2-3-10-22(18)27/h2-10,13-14,16H,11-12,15H2,1H3/b23-16-,26-25-. The number of anilines is 1.